The SMILES string of the molecule is C=C/C=C(\C=C(\NC(=O)CCN(C)C)C(C)C)n1c(=O)oc2cnc(-c3cc(Cl)ccc3F)cc21. The third-order valence-corrected chi connectivity index (χ3v) is 5.45. The Hall–Kier alpha value is -3.49. The molecule has 7 nitrogen and oxygen atoms in total. The molecule has 0 spiro atoms. The average molecular weight is 499 g/mol. The molecule has 0 aliphatic heterocycles. The number of hydrogen-bond donors (Lipinski definition) is 1. The van der Waals surface area contributed by atoms with E-state index in [2.05, 4.69) is 16.9 Å². The molecule has 3 rings (SSSR count). The van der Waals surface area contributed by atoms with Gasteiger partial charge in [-0.1, -0.05) is 38.1 Å². The van der Waals surface area contributed by atoms with Crippen LogP contribution in [0.5, 0.6) is 0 Å². The number of carbonyl (C=O) groups excluding carboxylic acids is 1. The van der Waals surface area contributed by atoms with Gasteiger partial charge < -0.3 is 14.6 Å². The highest BCUT2D eigenvalue weighted by atomic mass is 35.5. The summed E-state index contributed by atoms with van der Waals surface area (Å²) < 4.78 is 21.2. The van der Waals surface area contributed by atoms with Crippen molar-refractivity contribution in [2.24, 2.45) is 5.92 Å². The van der Waals surface area contributed by atoms with Crippen molar-refractivity contribution < 1.29 is 13.6 Å². The van der Waals surface area contributed by atoms with Gasteiger partial charge in [0.2, 0.25) is 5.91 Å². The number of carbonyl (C=O) groups is 1. The van der Waals surface area contributed by atoms with Crippen LogP contribution in [0.25, 0.3) is 28.1 Å². The van der Waals surface area contributed by atoms with E-state index in [0.29, 0.717) is 34.9 Å². The van der Waals surface area contributed by atoms with Gasteiger partial charge in [-0.2, -0.15) is 0 Å². The molecule has 0 aliphatic carbocycles. The van der Waals surface area contributed by atoms with Crippen molar-refractivity contribution in [1.82, 2.24) is 19.8 Å². The zero-order valence-electron chi connectivity index (χ0n) is 20.1. The second-order valence-corrected chi connectivity index (χ2v) is 8.98. The normalized spacial score (nSPS) is 12.6. The number of halogens is 2. The van der Waals surface area contributed by atoms with E-state index in [1.54, 1.807) is 18.2 Å². The zero-order chi connectivity index (χ0) is 25.7. The van der Waals surface area contributed by atoms with E-state index in [1.807, 2.05) is 32.8 Å². The number of hydrogen-bond acceptors (Lipinski definition) is 5. The quantitative estimate of drug-likeness (QED) is 0.416. The number of pyridine rings is 1. The summed E-state index contributed by atoms with van der Waals surface area (Å²) in [5.41, 5.74) is 2.13. The maximum atomic E-state index is 14.5. The second kappa shape index (κ2) is 11.3. The molecule has 0 saturated heterocycles. The lowest BCUT2D eigenvalue weighted by Crippen LogP contribution is -2.29. The Kier molecular flexibility index (Phi) is 8.43. The summed E-state index contributed by atoms with van der Waals surface area (Å²) in [4.78, 5) is 31.5. The van der Waals surface area contributed by atoms with Crippen molar-refractivity contribution in [2.45, 2.75) is 20.3 Å². The van der Waals surface area contributed by atoms with Crippen molar-refractivity contribution in [3.05, 3.63) is 82.4 Å². The summed E-state index contributed by atoms with van der Waals surface area (Å²) in [5, 5.41) is 3.30. The Morgan fingerprint density at radius 1 is 1.34 bits per heavy atom. The van der Waals surface area contributed by atoms with Gasteiger partial charge in [0.1, 0.15) is 5.82 Å². The summed E-state index contributed by atoms with van der Waals surface area (Å²) in [7, 11) is 3.79. The van der Waals surface area contributed by atoms with E-state index >= 15 is 0 Å². The Balaban J connectivity index is 2.11. The Labute approximate surface area is 208 Å². The molecule has 2 aromatic heterocycles. The standard InChI is InChI=1S/C26H28ClFN4O3/c1-6-7-18(13-21(16(2)3)30-25(33)10-11-31(4)5)32-23-14-22(29-15-24(23)35-26(32)34)19-12-17(27)8-9-20(19)28/h6-9,12-16H,1,10-11H2,2-5H3,(H,30,33)/b18-7+,21-13+. The van der Waals surface area contributed by atoms with Gasteiger partial charge in [0, 0.05) is 29.2 Å². The number of nitrogens with one attached hydrogen (secondary N) is 1. The molecule has 0 radical (unpaired) electrons. The minimum absolute atomic E-state index is 0.0434. The summed E-state index contributed by atoms with van der Waals surface area (Å²) in [5.74, 6) is -1.33. The van der Waals surface area contributed by atoms with Crippen molar-refractivity contribution in [3.63, 3.8) is 0 Å². The van der Waals surface area contributed by atoms with Crippen molar-refractivity contribution >= 4 is 34.3 Å². The molecule has 2 heterocycles. The highest BCUT2D eigenvalue weighted by Gasteiger charge is 2.17. The zero-order valence-corrected chi connectivity index (χ0v) is 20.9. The highest BCUT2D eigenvalue weighted by molar-refractivity contribution is 6.30. The topological polar surface area (TPSA) is 80.4 Å². The highest BCUT2D eigenvalue weighted by Crippen LogP contribution is 2.28. The third-order valence-electron chi connectivity index (χ3n) is 5.21. The first-order valence-corrected chi connectivity index (χ1v) is 11.4. The van der Waals surface area contributed by atoms with E-state index < -0.39 is 11.6 Å². The molecule has 0 aliphatic rings. The number of amides is 1. The first-order valence-electron chi connectivity index (χ1n) is 11.1. The minimum atomic E-state index is -0.656. The van der Waals surface area contributed by atoms with Crippen molar-refractivity contribution in [1.29, 1.82) is 0 Å². The van der Waals surface area contributed by atoms with Crippen molar-refractivity contribution in [2.75, 3.05) is 20.6 Å². The first-order chi connectivity index (χ1) is 16.6. The number of nitrogens with zero attached hydrogens (tertiary/aromatic N) is 3. The van der Waals surface area contributed by atoms with Gasteiger partial charge in [0.25, 0.3) is 0 Å². The van der Waals surface area contributed by atoms with E-state index in [-0.39, 0.29) is 28.7 Å². The molecule has 0 unspecified atom stereocenters. The molecule has 184 valence electrons. The van der Waals surface area contributed by atoms with E-state index in [0.717, 1.165) is 0 Å². The fourth-order valence-electron chi connectivity index (χ4n) is 3.37. The fraction of sp³-hybridized carbons (Fsp3) is 0.269. The number of benzene rings is 1. The number of aromatic nitrogens is 2. The van der Waals surface area contributed by atoms with Crippen molar-refractivity contribution in [3.8, 4) is 11.3 Å². The summed E-state index contributed by atoms with van der Waals surface area (Å²) >= 11 is 6.05. The van der Waals surface area contributed by atoms with Gasteiger partial charge >= 0.3 is 5.76 Å². The van der Waals surface area contributed by atoms with E-state index in [1.165, 1.54) is 35.0 Å². The van der Waals surface area contributed by atoms with Crippen LogP contribution in [0.4, 0.5) is 4.39 Å². The van der Waals surface area contributed by atoms with Gasteiger partial charge in [0.05, 0.1) is 23.1 Å². The van der Waals surface area contributed by atoms with Crippen LogP contribution in [-0.4, -0.2) is 41.0 Å². The lowest BCUT2D eigenvalue weighted by atomic mass is 10.1. The van der Waals surface area contributed by atoms with Crippen LogP contribution >= 0.6 is 11.6 Å². The smallest absolute Gasteiger partial charge is 0.406 e. The lowest BCUT2D eigenvalue weighted by Gasteiger charge is -2.16. The molecule has 1 aromatic carbocycles. The van der Waals surface area contributed by atoms with E-state index in [4.69, 9.17) is 16.0 Å². The number of oxazole rings is 1. The molecule has 35 heavy (non-hydrogen) atoms. The summed E-state index contributed by atoms with van der Waals surface area (Å²) in [6.07, 6.45) is 6.56. The molecular weight excluding hydrogens is 471 g/mol. The molecule has 0 bridgehead atoms. The number of rotatable bonds is 9. The van der Waals surface area contributed by atoms with Crippen LogP contribution in [0, 0.1) is 11.7 Å². The molecule has 0 saturated carbocycles. The average Bonchev–Trinajstić information content (AvgIpc) is 3.13. The molecule has 3 aromatic rings. The molecule has 9 heteroatoms. The molecule has 0 fully saturated rings. The molecule has 0 atom stereocenters. The summed E-state index contributed by atoms with van der Waals surface area (Å²) in [6.45, 7) is 8.22. The lowest BCUT2D eigenvalue weighted by molar-refractivity contribution is -0.120. The van der Waals surface area contributed by atoms with Crippen LogP contribution in [-0.2, 0) is 4.79 Å². The second-order valence-electron chi connectivity index (χ2n) is 8.55. The molecular formula is C26H28ClFN4O3. The molecule has 1 N–H and O–H groups in total. The largest absolute Gasteiger partial charge is 0.424 e. The van der Waals surface area contributed by atoms with Gasteiger partial charge in [-0.05, 0) is 56.4 Å². The van der Waals surface area contributed by atoms with Gasteiger partial charge in [-0.25, -0.2) is 13.8 Å². The number of fused-ring (bicyclic) bond motifs is 1. The monoisotopic (exact) mass is 498 g/mol. The fourth-order valence-corrected chi connectivity index (χ4v) is 3.54. The van der Waals surface area contributed by atoms with E-state index in [9.17, 15) is 14.0 Å². The summed E-state index contributed by atoms with van der Waals surface area (Å²) in [6, 6.07) is 5.73. The van der Waals surface area contributed by atoms with Crippen LogP contribution in [0.3, 0.4) is 0 Å². The third kappa shape index (κ3) is 6.35. The molecule has 1 amide bonds. The van der Waals surface area contributed by atoms with Crippen LogP contribution < -0.4 is 11.1 Å². The predicted molar refractivity (Wildman–Crippen MR) is 137 cm³/mol. The maximum Gasteiger partial charge on any atom is 0.424 e. The Morgan fingerprint density at radius 3 is 2.74 bits per heavy atom. The Morgan fingerprint density at radius 2 is 2.09 bits per heavy atom. The first kappa shape index (κ1) is 26.1. The Bertz CT molecular complexity index is 1370. The van der Waals surface area contributed by atoms with Gasteiger partial charge in [0.15, 0.2) is 5.58 Å². The minimum Gasteiger partial charge on any atom is -0.406 e. The van der Waals surface area contributed by atoms with Crippen LogP contribution in [0.2, 0.25) is 5.02 Å². The maximum absolute atomic E-state index is 14.5. The van der Waals surface area contributed by atoms with Crippen LogP contribution in [0.1, 0.15) is 20.3 Å². The van der Waals surface area contributed by atoms with Gasteiger partial charge in [-0.3, -0.25) is 9.78 Å². The number of allylic oxidation sites excluding steroid dienone is 5. The van der Waals surface area contributed by atoms with Crippen LogP contribution in [0.15, 0.2) is 70.2 Å². The van der Waals surface area contributed by atoms with Gasteiger partial charge in [-0.15, -0.1) is 0 Å². The predicted octanol–water partition coefficient (Wildman–Crippen LogP) is 5.08.